The van der Waals surface area contributed by atoms with E-state index < -0.39 is 0 Å². The van der Waals surface area contributed by atoms with Gasteiger partial charge in [-0.3, -0.25) is 9.69 Å². The second kappa shape index (κ2) is 8.11. The van der Waals surface area contributed by atoms with Gasteiger partial charge in [-0.2, -0.15) is 0 Å². The van der Waals surface area contributed by atoms with E-state index in [1.807, 2.05) is 43.1 Å². The first-order chi connectivity index (χ1) is 12.5. The lowest BCUT2D eigenvalue weighted by atomic mass is 10.0. The van der Waals surface area contributed by atoms with Crippen molar-refractivity contribution >= 4 is 23.2 Å². The molecule has 1 amide bonds. The molecule has 0 aromatic heterocycles. The molecule has 2 aromatic rings. The predicted octanol–water partition coefficient (Wildman–Crippen LogP) is 3.96. The summed E-state index contributed by atoms with van der Waals surface area (Å²) < 4.78 is 0. The number of rotatable bonds is 4. The number of anilines is 1. The van der Waals surface area contributed by atoms with Crippen LogP contribution in [0.5, 0.6) is 0 Å². The zero-order valence-corrected chi connectivity index (χ0v) is 16.4. The van der Waals surface area contributed by atoms with E-state index in [-0.39, 0.29) is 5.91 Å². The fourth-order valence-corrected chi connectivity index (χ4v) is 3.54. The maximum absolute atomic E-state index is 12.7. The molecular formula is C21H26ClN3O. The molecule has 0 saturated carbocycles. The van der Waals surface area contributed by atoms with Crippen molar-refractivity contribution < 1.29 is 4.79 Å². The smallest absolute Gasteiger partial charge is 0.253 e. The number of halogens is 1. The Hall–Kier alpha value is -2.04. The van der Waals surface area contributed by atoms with Gasteiger partial charge in [-0.1, -0.05) is 17.7 Å². The highest BCUT2D eigenvalue weighted by atomic mass is 35.5. The van der Waals surface area contributed by atoms with Crippen LogP contribution in [-0.4, -0.2) is 48.9 Å². The second-order valence-electron chi connectivity index (χ2n) is 6.92. The molecule has 26 heavy (non-hydrogen) atoms. The monoisotopic (exact) mass is 371 g/mol. The number of aryl methyl sites for hydroxylation is 2. The number of carbonyl (C=O) groups excluding carboxylic acids is 1. The average Bonchev–Trinajstić information content (AvgIpc) is 2.66. The Morgan fingerprint density at radius 2 is 1.69 bits per heavy atom. The van der Waals surface area contributed by atoms with Crippen molar-refractivity contribution in [2.24, 2.45) is 0 Å². The molecule has 3 rings (SSSR count). The highest BCUT2D eigenvalue weighted by molar-refractivity contribution is 6.31. The van der Waals surface area contributed by atoms with Crippen molar-refractivity contribution in [3.8, 4) is 0 Å². The van der Waals surface area contributed by atoms with Crippen LogP contribution in [0.25, 0.3) is 0 Å². The number of hydrogen-bond donors (Lipinski definition) is 1. The van der Waals surface area contributed by atoms with E-state index in [0.717, 1.165) is 54.6 Å². The third-order valence-corrected chi connectivity index (χ3v) is 5.50. The van der Waals surface area contributed by atoms with Crippen molar-refractivity contribution in [2.45, 2.75) is 20.4 Å². The molecule has 1 saturated heterocycles. The summed E-state index contributed by atoms with van der Waals surface area (Å²) in [6.45, 7) is 8.32. The van der Waals surface area contributed by atoms with Gasteiger partial charge in [0.2, 0.25) is 0 Å². The first-order valence-electron chi connectivity index (χ1n) is 9.03. The molecule has 0 atom stereocenters. The summed E-state index contributed by atoms with van der Waals surface area (Å²) in [5.74, 6) is 0.113. The van der Waals surface area contributed by atoms with Crippen molar-refractivity contribution in [3.05, 3.63) is 63.7 Å². The van der Waals surface area contributed by atoms with Gasteiger partial charge in [-0.15, -0.1) is 0 Å². The minimum Gasteiger partial charge on any atom is -0.388 e. The fourth-order valence-electron chi connectivity index (χ4n) is 3.35. The maximum Gasteiger partial charge on any atom is 0.253 e. The summed E-state index contributed by atoms with van der Waals surface area (Å²) in [5.41, 5.74) is 5.42. The number of carbonyl (C=O) groups is 1. The Morgan fingerprint density at radius 1 is 1.04 bits per heavy atom. The van der Waals surface area contributed by atoms with E-state index in [4.69, 9.17) is 11.6 Å². The number of benzene rings is 2. The van der Waals surface area contributed by atoms with Crippen LogP contribution in [0.15, 0.2) is 36.4 Å². The molecule has 0 spiro atoms. The number of nitrogens with one attached hydrogen (secondary N) is 1. The predicted molar refractivity (Wildman–Crippen MR) is 108 cm³/mol. The molecule has 2 aromatic carbocycles. The Bertz CT molecular complexity index is 781. The summed E-state index contributed by atoms with van der Waals surface area (Å²) in [6.07, 6.45) is 0. The standard InChI is InChI=1S/C21H26ClN3O/c1-15-12-16(2)20(22)13-18(15)14-24-8-10-25(11-9-24)21(26)17-4-6-19(23-3)7-5-17/h4-7,12-13,23H,8-11,14H2,1-3H3. The van der Waals surface area contributed by atoms with Crippen LogP contribution in [0, 0.1) is 13.8 Å². The van der Waals surface area contributed by atoms with Gasteiger partial charge in [0.1, 0.15) is 0 Å². The fraction of sp³-hybridized carbons (Fsp3) is 0.381. The molecule has 1 aliphatic heterocycles. The Balaban J connectivity index is 1.58. The van der Waals surface area contributed by atoms with Gasteiger partial charge in [0, 0.05) is 56.0 Å². The largest absolute Gasteiger partial charge is 0.388 e. The van der Waals surface area contributed by atoms with E-state index in [1.165, 1.54) is 11.1 Å². The van der Waals surface area contributed by atoms with Gasteiger partial charge >= 0.3 is 0 Å². The van der Waals surface area contributed by atoms with E-state index in [9.17, 15) is 4.79 Å². The van der Waals surface area contributed by atoms with Gasteiger partial charge < -0.3 is 10.2 Å². The van der Waals surface area contributed by atoms with Crippen LogP contribution in [0.2, 0.25) is 5.02 Å². The normalized spacial score (nSPS) is 15.2. The zero-order chi connectivity index (χ0) is 18.7. The summed E-state index contributed by atoms with van der Waals surface area (Å²) in [5, 5.41) is 3.90. The minimum absolute atomic E-state index is 0.113. The Labute approximate surface area is 160 Å². The number of hydrogen-bond acceptors (Lipinski definition) is 3. The SMILES string of the molecule is CNc1ccc(C(=O)N2CCN(Cc3cc(Cl)c(C)cc3C)CC2)cc1. The molecule has 138 valence electrons. The molecule has 1 aliphatic rings. The molecule has 0 bridgehead atoms. The summed E-state index contributed by atoms with van der Waals surface area (Å²) in [6, 6.07) is 11.9. The van der Waals surface area contributed by atoms with Crippen molar-refractivity contribution in [2.75, 3.05) is 38.5 Å². The molecular weight excluding hydrogens is 346 g/mol. The molecule has 1 N–H and O–H groups in total. The van der Waals surface area contributed by atoms with E-state index in [2.05, 4.69) is 29.3 Å². The van der Waals surface area contributed by atoms with Crippen molar-refractivity contribution in [3.63, 3.8) is 0 Å². The second-order valence-corrected chi connectivity index (χ2v) is 7.33. The van der Waals surface area contributed by atoms with Gasteiger partial charge in [0.05, 0.1) is 0 Å². The summed E-state index contributed by atoms with van der Waals surface area (Å²) in [7, 11) is 1.87. The van der Waals surface area contributed by atoms with E-state index in [1.54, 1.807) is 0 Å². The average molecular weight is 372 g/mol. The van der Waals surface area contributed by atoms with Crippen molar-refractivity contribution in [1.29, 1.82) is 0 Å². The van der Waals surface area contributed by atoms with Gasteiger partial charge in [-0.25, -0.2) is 0 Å². The lowest BCUT2D eigenvalue weighted by Crippen LogP contribution is -2.48. The Morgan fingerprint density at radius 3 is 2.31 bits per heavy atom. The molecule has 0 unspecified atom stereocenters. The third-order valence-electron chi connectivity index (χ3n) is 5.09. The third kappa shape index (κ3) is 4.19. The number of piperazine rings is 1. The first-order valence-corrected chi connectivity index (χ1v) is 9.41. The highest BCUT2D eigenvalue weighted by Gasteiger charge is 2.22. The van der Waals surface area contributed by atoms with Crippen molar-refractivity contribution in [1.82, 2.24) is 9.80 Å². The quantitative estimate of drug-likeness (QED) is 0.883. The molecule has 0 aliphatic carbocycles. The molecule has 1 heterocycles. The Kier molecular flexibility index (Phi) is 5.84. The van der Waals surface area contributed by atoms with Crippen LogP contribution in [-0.2, 0) is 6.54 Å². The summed E-state index contributed by atoms with van der Waals surface area (Å²) >= 11 is 6.28. The van der Waals surface area contributed by atoms with E-state index in [0.29, 0.717) is 0 Å². The minimum atomic E-state index is 0.113. The molecule has 0 radical (unpaired) electrons. The lowest BCUT2D eigenvalue weighted by Gasteiger charge is -2.35. The van der Waals surface area contributed by atoms with Crippen LogP contribution in [0.4, 0.5) is 5.69 Å². The van der Waals surface area contributed by atoms with Gasteiger partial charge in [0.15, 0.2) is 0 Å². The topological polar surface area (TPSA) is 35.6 Å². The zero-order valence-electron chi connectivity index (χ0n) is 15.7. The summed E-state index contributed by atoms with van der Waals surface area (Å²) in [4.78, 5) is 17.0. The van der Waals surface area contributed by atoms with E-state index >= 15 is 0 Å². The van der Waals surface area contributed by atoms with Gasteiger partial charge in [-0.05, 0) is 60.9 Å². The van der Waals surface area contributed by atoms with Crippen LogP contribution in [0.1, 0.15) is 27.0 Å². The first kappa shape index (κ1) is 18.7. The van der Waals surface area contributed by atoms with Crippen LogP contribution in [0.3, 0.4) is 0 Å². The van der Waals surface area contributed by atoms with Crippen LogP contribution >= 0.6 is 11.6 Å². The molecule has 4 nitrogen and oxygen atoms in total. The highest BCUT2D eigenvalue weighted by Crippen LogP contribution is 2.22. The van der Waals surface area contributed by atoms with Gasteiger partial charge in [0.25, 0.3) is 5.91 Å². The maximum atomic E-state index is 12.7. The number of nitrogens with zero attached hydrogens (tertiary/aromatic N) is 2. The lowest BCUT2D eigenvalue weighted by molar-refractivity contribution is 0.0628. The van der Waals surface area contributed by atoms with Crippen LogP contribution < -0.4 is 5.32 Å². The number of amides is 1. The molecule has 5 heteroatoms. The molecule has 1 fully saturated rings.